The van der Waals surface area contributed by atoms with Gasteiger partial charge in [0.25, 0.3) is 0 Å². The molecule has 6 bridgehead atoms. The summed E-state index contributed by atoms with van der Waals surface area (Å²) in [5.74, 6) is 11.2. The number of H-pyrrole nitrogens is 1. The van der Waals surface area contributed by atoms with Crippen molar-refractivity contribution >= 4 is 27.5 Å². The molecule has 81 heavy (non-hydrogen) atoms. The molecule has 5 saturated carbocycles. The quantitative estimate of drug-likeness (QED) is 0.0238. The van der Waals surface area contributed by atoms with E-state index in [2.05, 4.69) is 54.6 Å². The topological polar surface area (TPSA) is 208 Å². The third kappa shape index (κ3) is 13.0. The second kappa shape index (κ2) is 26.2. The Morgan fingerprint density at radius 1 is 0.889 bits per heavy atom. The number of allylic oxidation sites excluding steroid dienone is 2. The van der Waals surface area contributed by atoms with E-state index < -0.39 is 12.2 Å². The Kier molecular flexibility index (Phi) is 19.3. The van der Waals surface area contributed by atoms with Gasteiger partial charge in [0.05, 0.1) is 18.8 Å². The molecule has 2 aromatic heterocycles. The second-order valence-corrected chi connectivity index (χ2v) is 30.6. The number of aliphatic imine (C=N–C) groups is 1. The van der Waals surface area contributed by atoms with E-state index in [9.17, 15) is 20.4 Å². The van der Waals surface area contributed by atoms with Crippen molar-refractivity contribution in [1.82, 2.24) is 15.6 Å². The molecule has 0 amide bonds. The van der Waals surface area contributed by atoms with Crippen molar-refractivity contribution in [3.05, 3.63) is 82.1 Å². The molecule has 12 rings (SSSR count). The molecule has 1 saturated heterocycles. The van der Waals surface area contributed by atoms with E-state index in [1.54, 1.807) is 6.07 Å². The molecule has 3 heterocycles. The molecular weight excluding hydrogens is 1050 g/mol. The largest absolute Gasteiger partial charge is 0.504 e. The maximum Gasteiger partial charge on any atom is 0.189 e. The van der Waals surface area contributed by atoms with E-state index in [-0.39, 0.29) is 47.8 Å². The van der Waals surface area contributed by atoms with Gasteiger partial charge >= 0.3 is 0 Å². The van der Waals surface area contributed by atoms with Crippen LogP contribution in [0, 0.1) is 64.1 Å². The molecule has 14 heteroatoms. The molecule has 9 aliphatic rings. The molecule has 0 radical (unpaired) electrons. The van der Waals surface area contributed by atoms with Crippen molar-refractivity contribution in [3.8, 4) is 11.5 Å². The van der Waals surface area contributed by atoms with E-state index in [0.717, 1.165) is 77.5 Å². The van der Waals surface area contributed by atoms with Gasteiger partial charge in [-0.05, 0) is 196 Å². The number of furan rings is 1. The fraction of sp³-hybridized carbons (Fsp3) is 0.746. The summed E-state index contributed by atoms with van der Waals surface area (Å²) in [7, 11) is 4.01. The number of rotatable bonds is 19. The van der Waals surface area contributed by atoms with Crippen LogP contribution in [0.2, 0.25) is 0 Å². The molecular formula is C67H102N6O6S2. The summed E-state index contributed by atoms with van der Waals surface area (Å²) in [6, 6.07) is 10.6. The molecule has 1 aromatic carbocycles. The van der Waals surface area contributed by atoms with Crippen LogP contribution < -0.4 is 26.8 Å². The number of aromatic hydroxyl groups is 1. The molecule has 8 aliphatic carbocycles. The number of aromatic amines is 1. The van der Waals surface area contributed by atoms with E-state index in [0.29, 0.717) is 84.5 Å². The fourth-order valence-corrected chi connectivity index (χ4v) is 21.4. The first-order valence-corrected chi connectivity index (χ1v) is 34.9. The van der Waals surface area contributed by atoms with Crippen LogP contribution in [0.1, 0.15) is 207 Å². The number of nitrogens with one attached hydrogen (secondary N) is 3. The summed E-state index contributed by atoms with van der Waals surface area (Å²) >= 11 is 0. The zero-order valence-corrected chi connectivity index (χ0v) is 51.2. The van der Waals surface area contributed by atoms with Crippen molar-refractivity contribution < 1.29 is 29.6 Å². The molecule has 3 aromatic rings. The molecule has 2 spiro atoms. The van der Waals surface area contributed by atoms with Gasteiger partial charge in [0.2, 0.25) is 0 Å². The number of benzene rings is 1. The summed E-state index contributed by atoms with van der Waals surface area (Å²) < 4.78 is 12.9. The van der Waals surface area contributed by atoms with Gasteiger partial charge in [0.1, 0.15) is 24.2 Å². The van der Waals surface area contributed by atoms with Gasteiger partial charge in [0, 0.05) is 78.3 Å². The van der Waals surface area contributed by atoms with Gasteiger partial charge in [-0.25, -0.2) is 4.99 Å². The van der Waals surface area contributed by atoms with Crippen LogP contribution in [0.4, 0.5) is 0 Å². The number of aliphatic hydroxyl groups is 3. The Morgan fingerprint density at radius 2 is 1.72 bits per heavy atom. The van der Waals surface area contributed by atoms with E-state index in [1.807, 2.05) is 46.7 Å². The SMILES string of the molecule is CC(C)C[C@H]1CCC[C@H](NC(N)=N[C@@H]2CSSC[C@@H]3[C@@H]4CC[C@@H](CCc5oc(CCc6ccc(O)c(OC[C@H](O)c7cc8c([nH]7)[C@@H]7C=C[C@]9(CCC[C@H]9C79CCCC9)[C@@H]8CNC[C@H](C)O)c6)cc5CO)C[C@H](C[C@H]3N)[C@@H]4CC[C@@H]2C)C1. The Hall–Kier alpha value is -3.11. The van der Waals surface area contributed by atoms with Gasteiger partial charge in [-0.3, -0.25) is 0 Å². The standard InChI is InChI=1S/C67H102N6O6S2/c1-40(2)27-45-9-7-10-48(29-45)71-65(69)73-58-39-81-80-38-53-51-19-14-43(28-46(32-56(53)68)50(51)18-12-41(58)3)16-21-61-47(36-74)31-49(79-61)17-13-44-15-20-59(76)62(30-44)78-37-60(77)57-33-52-55(35-70-34-42(4)75)67-25-8-11-63(67)66(23-5-6-24-66)54(22-26-67)64(52)72-57/h15,20,22,26,30-31,33,40-43,45-46,48,50-51,53-56,58,60,63,70,72,74-77H,5-14,16-19,21,23-25,27-29,32,34-39,68H2,1-4H3,(H3,69,71,73)/t41-,42-,43-,45+,46+,48-,50-,51+,53+,54-,55+,56+,58+,60-,63-,67+/m0/s1. The average molecular weight is 1150 g/mol. The Morgan fingerprint density at radius 3 is 2.53 bits per heavy atom. The Balaban J connectivity index is 0.694. The number of nitrogens with two attached hydrogens (primary N) is 2. The maximum atomic E-state index is 11.8. The van der Waals surface area contributed by atoms with Crippen molar-refractivity contribution in [2.24, 2.45) is 80.6 Å². The smallest absolute Gasteiger partial charge is 0.189 e. The van der Waals surface area contributed by atoms with Gasteiger partial charge < -0.3 is 56.7 Å². The highest BCUT2D eigenvalue weighted by Gasteiger charge is 2.63. The maximum absolute atomic E-state index is 11.8. The minimum Gasteiger partial charge on any atom is -0.504 e. The lowest BCUT2D eigenvalue weighted by Crippen LogP contribution is -2.47. The van der Waals surface area contributed by atoms with Crippen molar-refractivity contribution in [1.29, 1.82) is 0 Å². The van der Waals surface area contributed by atoms with Gasteiger partial charge in [0.15, 0.2) is 17.5 Å². The molecule has 1 aliphatic heterocycles. The molecule has 12 nitrogen and oxygen atoms in total. The fourth-order valence-electron chi connectivity index (χ4n) is 18.6. The number of aryl methyl sites for hydroxylation is 3. The summed E-state index contributed by atoms with van der Waals surface area (Å²) in [6.07, 6.45) is 29.3. The highest BCUT2D eigenvalue weighted by molar-refractivity contribution is 8.76. The molecule has 16 atom stereocenters. The number of ether oxygens (including phenoxy) is 1. The second-order valence-electron chi connectivity index (χ2n) is 28.0. The lowest BCUT2D eigenvalue weighted by Gasteiger charge is -2.52. The molecule has 6 fully saturated rings. The first-order chi connectivity index (χ1) is 39.2. The lowest BCUT2D eigenvalue weighted by molar-refractivity contribution is 0.0440. The van der Waals surface area contributed by atoms with Crippen LogP contribution in [0.5, 0.6) is 11.5 Å². The van der Waals surface area contributed by atoms with E-state index in [1.165, 1.54) is 120 Å². The van der Waals surface area contributed by atoms with E-state index >= 15 is 0 Å². The summed E-state index contributed by atoms with van der Waals surface area (Å²) in [4.78, 5) is 9.03. The van der Waals surface area contributed by atoms with Crippen molar-refractivity contribution in [2.45, 2.75) is 218 Å². The first-order valence-electron chi connectivity index (χ1n) is 32.4. The molecule has 0 unspecified atom stereocenters. The number of nitrogens with zero attached hydrogens (tertiary/aromatic N) is 1. The summed E-state index contributed by atoms with van der Waals surface area (Å²) in [5, 5.41) is 51.0. The number of guanidine groups is 1. The normalized spacial score (nSPS) is 34.5. The van der Waals surface area contributed by atoms with Gasteiger partial charge in [-0.15, -0.1) is 0 Å². The van der Waals surface area contributed by atoms with Gasteiger partial charge in [-0.1, -0.05) is 99.1 Å². The van der Waals surface area contributed by atoms with Crippen LogP contribution in [0.3, 0.4) is 0 Å². The number of aromatic nitrogens is 1. The summed E-state index contributed by atoms with van der Waals surface area (Å²) in [5.41, 5.74) is 19.4. The van der Waals surface area contributed by atoms with Crippen LogP contribution in [0.15, 0.2) is 51.9 Å². The van der Waals surface area contributed by atoms with Crippen LogP contribution in [0.25, 0.3) is 0 Å². The number of phenols is 1. The van der Waals surface area contributed by atoms with Crippen LogP contribution >= 0.6 is 21.6 Å². The predicted octanol–water partition coefficient (Wildman–Crippen LogP) is 12.4. The number of hydrogen-bond donors (Lipinski definition) is 9. The lowest BCUT2D eigenvalue weighted by atomic mass is 9.52. The highest BCUT2D eigenvalue weighted by atomic mass is 33.1. The van der Waals surface area contributed by atoms with Crippen LogP contribution in [-0.2, 0) is 25.9 Å². The predicted molar refractivity (Wildman–Crippen MR) is 331 cm³/mol. The molecule has 11 N–H and O–H groups in total. The average Bonchev–Trinajstić information content (AvgIpc) is 4.44. The monoisotopic (exact) mass is 1150 g/mol. The van der Waals surface area contributed by atoms with Crippen molar-refractivity contribution in [2.75, 3.05) is 31.2 Å². The Bertz CT molecular complexity index is 2610. The number of hydrogen-bond acceptors (Lipinski definition) is 11. The highest BCUT2D eigenvalue weighted by Crippen LogP contribution is 2.72. The minimum absolute atomic E-state index is 0.000422. The minimum atomic E-state index is -0.913. The number of phenolic OH excluding ortho intramolecular Hbond substituents is 1. The third-order valence-electron chi connectivity index (χ3n) is 22.4. The first kappa shape index (κ1) is 59.6. The zero-order valence-electron chi connectivity index (χ0n) is 49.6. The number of aliphatic hydroxyl groups excluding tert-OH is 3. The van der Waals surface area contributed by atoms with Crippen molar-refractivity contribution in [3.63, 3.8) is 0 Å². The third-order valence-corrected chi connectivity index (χ3v) is 24.9. The Labute approximate surface area is 493 Å². The molecule has 448 valence electrons. The summed E-state index contributed by atoms with van der Waals surface area (Å²) in [6.45, 7) is 10.2. The zero-order chi connectivity index (χ0) is 56.4. The van der Waals surface area contributed by atoms with Gasteiger partial charge in [-0.2, -0.15) is 0 Å². The van der Waals surface area contributed by atoms with Crippen LogP contribution in [-0.4, -0.2) is 86.8 Å². The van der Waals surface area contributed by atoms with E-state index in [4.69, 9.17) is 25.6 Å².